The predicted molar refractivity (Wildman–Crippen MR) is 66.8 cm³/mol. The second-order valence-electron chi connectivity index (χ2n) is 4.43. The maximum atomic E-state index is 13.2. The van der Waals surface area contributed by atoms with Crippen molar-refractivity contribution in [2.75, 3.05) is 7.05 Å². The molecule has 0 aliphatic rings. The van der Waals surface area contributed by atoms with E-state index in [1.54, 1.807) is 6.07 Å². The van der Waals surface area contributed by atoms with E-state index in [-0.39, 0.29) is 6.04 Å². The van der Waals surface area contributed by atoms with Gasteiger partial charge in [0.1, 0.15) is 0 Å². The third kappa shape index (κ3) is 3.77. The Morgan fingerprint density at radius 2 is 1.76 bits per heavy atom. The lowest BCUT2D eigenvalue weighted by Gasteiger charge is -2.22. The van der Waals surface area contributed by atoms with Gasteiger partial charge >= 0.3 is 0 Å². The standard InChI is InChI=1S/C14H21F2N/c1-4-10(5-2)8-14(17-3)11-6-7-12(15)13(16)9-11/h6-7,9-10,14,17H,4-5,8H2,1-3H3. The zero-order valence-corrected chi connectivity index (χ0v) is 10.8. The predicted octanol–water partition coefficient (Wildman–Crippen LogP) is 4.05. The summed E-state index contributed by atoms with van der Waals surface area (Å²) in [5.41, 5.74) is 0.818. The molecule has 0 aliphatic carbocycles. The first kappa shape index (κ1) is 14.1. The first-order valence-electron chi connectivity index (χ1n) is 6.24. The fourth-order valence-corrected chi connectivity index (χ4v) is 2.11. The molecule has 0 heterocycles. The van der Waals surface area contributed by atoms with Crippen molar-refractivity contribution in [1.82, 2.24) is 5.32 Å². The Bertz CT molecular complexity index is 348. The number of nitrogens with one attached hydrogen (secondary N) is 1. The average molecular weight is 241 g/mol. The van der Waals surface area contributed by atoms with Gasteiger partial charge in [0.2, 0.25) is 0 Å². The van der Waals surface area contributed by atoms with Gasteiger partial charge in [0, 0.05) is 6.04 Å². The van der Waals surface area contributed by atoms with Gasteiger partial charge < -0.3 is 5.32 Å². The van der Waals surface area contributed by atoms with Crippen LogP contribution in [-0.4, -0.2) is 7.05 Å². The van der Waals surface area contributed by atoms with Crippen molar-refractivity contribution in [2.24, 2.45) is 5.92 Å². The minimum Gasteiger partial charge on any atom is -0.313 e. The van der Waals surface area contributed by atoms with Gasteiger partial charge in [-0.2, -0.15) is 0 Å². The highest BCUT2D eigenvalue weighted by molar-refractivity contribution is 5.21. The SMILES string of the molecule is CCC(CC)CC(NC)c1ccc(F)c(F)c1. The molecule has 1 unspecified atom stereocenters. The molecule has 0 fully saturated rings. The van der Waals surface area contributed by atoms with Crippen LogP contribution in [0.4, 0.5) is 8.78 Å². The highest BCUT2D eigenvalue weighted by atomic mass is 19.2. The Morgan fingerprint density at radius 3 is 2.24 bits per heavy atom. The second kappa shape index (κ2) is 6.70. The first-order valence-corrected chi connectivity index (χ1v) is 6.24. The molecule has 0 spiro atoms. The van der Waals surface area contributed by atoms with Crippen LogP contribution in [0.1, 0.15) is 44.7 Å². The Hall–Kier alpha value is -0.960. The van der Waals surface area contributed by atoms with Gasteiger partial charge in [-0.05, 0) is 37.1 Å². The summed E-state index contributed by atoms with van der Waals surface area (Å²) < 4.78 is 26.0. The molecule has 17 heavy (non-hydrogen) atoms. The van der Waals surface area contributed by atoms with Crippen molar-refractivity contribution in [3.05, 3.63) is 35.4 Å². The smallest absolute Gasteiger partial charge is 0.159 e. The highest BCUT2D eigenvalue weighted by Gasteiger charge is 2.15. The highest BCUT2D eigenvalue weighted by Crippen LogP contribution is 2.25. The third-order valence-corrected chi connectivity index (χ3v) is 3.42. The Morgan fingerprint density at radius 1 is 1.12 bits per heavy atom. The van der Waals surface area contributed by atoms with Gasteiger partial charge in [0.25, 0.3) is 0 Å². The lowest BCUT2D eigenvalue weighted by atomic mass is 9.91. The summed E-state index contributed by atoms with van der Waals surface area (Å²) in [6.45, 7) is 4.32. The van der Waals surface area contributed by atoms with Crippen molar-refractivity contribution in [3.63, 3.8) is 0 Å². The van der Waals surface area contributed by atoms with E-state index in [9.17, 15) is 8.78 Å². The molecule has 1 aromatic carbocycles. The van der Waals surface area contributed by atoms with Gasteiger partial charge in [0.15, 0.2) is 11.6 Å². The van der Waals surface area contributed by atoms with Crippen molar-refractivity contribution >= 4 is 0 Å². The third-order valence-electron chi connectivity index (χ3n) is 3.42. The molecule has 0 saturated carbocycles. The fraction of sp³-hybridized carbons (Fsp3) is 0.571. The summed E-state index contributed by atoms with van der Waals surface area (Å²) in [6, 6.07) is 4.23. The average Bonchev–Trinajstić information content (AvgIpc) is 2.35. The minimum absolute atomic E-state index is 0.0926. The van der Waals surface area contributed by atoms with Crippen LogP contribution in [0.5, 0.6) is 0 Å². The van der Waals surface area contributed by atoms with Crippen molar-refractivity contribution in [2.45, 2.75) is 39.2 Å². The molecule has 0 amide bonds. The quantitative estimate of drug-likeness (QED) is 0.792. The molecular formula is C14H21F2N. The minimum atomic E-state index is -0.786. The molecular weight excluding hydrogens is 220 g/mol. The van der Waals surface area contributed by atoms with E-state index in [0.29, 0.717) is 5.92 Å². The van der Waals surface area contributed by atoms with Crippen LogP contribution in [0.15, 0.2) is 18.2 Å². The summed E-state index contributed by atoms with van der Waals surface area (Å²) in [6.07, 6.45) is 3.17. The first-order chi connectivity index (χ1) is 8.12. The van der Waals surface area contributed by atoms with E-state index in [0.717, 1.165) is 24.8 Å². The summed E-state index contributed by atoms with van der Waals surface area (Å²) in [4.78, 5) is 0. The summed E-state index contributed by atoms with van der Waals surface area (Å²) in [7, 11) is 1.86. The van der Waals surface area contributed by atoms with Crippen molar-refractivity contribution in [1.29, 1.82) is 0 Å². The van der Waals surface area contributed by atoms with Crippen molar-refractivity contribution in [3.8, 4) is 0 Å². The van der Waals surface area contributed by atoms with Gasteiger partial charge in [-0.1, -0.05) is 32.8 Å². The number of halogens is 2. The van der Waals surface area contributed by atoms with E-state index in [1.807, 2.05) is 7.05 Å². The Labute approximate surface area is 102 Å². The van der Waals surface area contributed by atoms with E-state index >= 15 is 0 Å². The van der Waals surface area contributed by atoms with E-state index in [4.69, 9.17) is 0 Å². The van der Waals surface area contributed by atoms with E-state index in [1.165, 1.54) is 12.1 Å². The van der Waals surface area contributed by atoms with Crippen LogP contribution >= 0.6 is 0 Å². The van der Waals surface area contributed by atoms with Crippen molar-refractivity contribution < 1.29 is 8.78 Å². The van der Waals surface area contributed by atoms with E-state index < -0.39 is 11.6 Å². The molecule has 1 atom stereocenters. The lowest BCUT2D eigenvalue weighted by molar-refractivity contribution is 0.383. The molecule has 0 aliphatic heterocycles. The molecule has 0 saturated heterocycles. The lowest BCUT2D eigenvalue weighted by Crippen LogP contribution is -2.20. The van der Waals surface area contributed by atoms with Crippen LogP contribution in [0.2, 0.25) is 0 Å². The summed E-state index contributed by atoms with van der Waals surface area (Å²) in [5.74, 6) is -0.945. The zero-order chi connectivity index (χ0) is 12.8. The Balaban J connectivity index is 2.82. The topological polar surface area (TPSA) is 12.0 Å². The van der Waals surface area contributed by atoms with Crippen LogP contribution < -0.4 is 5.32 Å². The molecule has 1 aromatic rings. The molecule has 96 valence electrons. The number of rotatable bonds is 6. The maximum absolute atomic E-state index is 13.2. The molecule has 1 N–H and O–H groups in total. The molecule has 0 aromatic heterocycles. The zero-order valence-electron chi connectivity index (χ0n) is 10.8. The summed E-state index contributed by atoms with van der Waals surface area (Å²) >= 11 is 0. The van der Waals surface area contributed by atoms with Crippen LogP contribution in [-0.2, 0) is 0 Å². The largest absolute Gasteiger partial charge is 0.313 e. The number of benzene rings is 1. The Kier molecular flexibility index (Phi) is 5.56. The van der Waals surface area contributed by atoms with Gasteiger partial charge in [-0.15, -0.1) is 0 Å². The molecule has 0 bridgehead atoms. The number of hydrogen-bond donors (Lipinski definition) is 1. The molecule has 3 heteroatoms. The maximum Gasteiger partial charge on any atom is 0.159 e. The fourth-order valence-electron chi connectivity index (χ4n) is 2.11. The monoisotopic (exact) mass is 241 g/mol. The summed E-state index contributed by atoms with van der Waals surface area (Å²) in [5, 5.41) is 3.18. The van der Waals surface area contributed by atoms with Crippen LogP contribution in [0.3, 0.4) is 0 Å². The van der Waals surface area contributed by atoms with Gasteiger partial charge in [0.05, 0.1) is 0 Å². The molecule has 1 rings (SSSR count). The van der Waals surface area contributed by atoms with Crippen LogP contribution in [0, 0.1) is 17.6 Å². The molecule has 0 radical (unpaired) electrons. The molecule has 1 nitrogen and oxygen atoms in total. The van der Waals surface area contributed by atoms with Gasteiger partial charge in [-0.3, -0.25) is 0 Å². The second-order valence-corrected chi connectivity index (χ2v) is 4.43. The normalized spacial score (nSPS) is 13.1. The van der Waals surface area contributed by atoms with Crippen LogP contribution in [0.25, 0.3) is 0 Å². The van der Waals surface area contributed by atoms with E-state index in [2.05, 4.69) is 19.2 Å². The van der Waals surface area contributed by atoms with Gasteiger partial charge in [-0.25, -0.2) is 8.78 Å². The number of hydrogen-bond acceptors (Lipinski definition) is 1.